The molecule has 27 heavy (non-hydrogen) atoms. The lowest BCUT2D eigenvalue weighted by atomic mass is 9.97. The zero-order valence-electron chi connectivity index (χ0n) is 15.0. The topological polar surface area (TPSA) is 75.5 Å². The fourth-order valence-electron chi connectivity index (χ4n) is 3.99. The summed E-state index contributed by atoms with van der Waals surface area (Å²) in [7, 11) is 0. The van der Waals surface area contributed by atoms with E-state index in [0.29, 0.717) is 5.92 Å². The lowest BCUT2D eigenvalue weighted by Crippen LogP contribution is -2.36. The molecular weight excluding hydrogens is 338 g/mol. The molecule has 0 spiro atoms. The van der Waals surface area contributed by atoms with E-state index in [1.807, 2.05) is 24.7 Å². The summed E-state index contributed by atoms with van der Waals surface area (Å²) in [6.07, 6.45) is 13.5. The third-order valence-corrected chi connectivity index (χ3v) is 5.24. The summed E-state index contributed by atoms with van der Waals surface area (Å²) in [4.78, 5) is 23.3. The standard InChI is InChI=1S/C20H21N7/c1-3-15(11-21-6-1)12-27-10-8-23-19(27)16-4-2-9-26(13-16)20-17-5-7-22-18(17)24-14-25-20/h1,3,5-8,10-11,14,16H,2,4,9,12-13H2,(H,22,24,25)/t16-/m0/s1. The van der Waals surface area contributed by atoms with Crippen molar-refractivity contribution in [1.29, 1.82) is 0 Å². The molecule has 136 valence electrons. The van der Waals surface area contributed by atoms with E-state index in [0.717, 1.165) is 55.2 Å². The molecule has 0 unspecified atom stereocenters. The number of pyridine rings is 1. The molecule has 1 aliphatic heterocycles. The predicted molar refractivity (Wildman–Crippen MR) is 104 cm³/mol. The Morgan fingerprint density at radius 2 is 2.15 bits per heavy atom. The summed E-state index contributed by atoms with van der Waals surface area (Å²) in [6.45, 7) is 2.73. The van der Waals surface area contributed by atoms with Crippen LogP contribution in [0.2, 0.25) is 0 Å². The highest BCUT2D eigenvalue weighted by Crippen LogP contribution is 2.31. The molecule has 0 bridgehead atoms. The lowest BCUT2D eigenvalue weighted by molar-refractivity contribution is 0.474. The Morgan fingerprint density at radius 3 is 3.07 bits per heavy atom. The number of rotatable bonds is 4. The van der Waals surface area contributed by atoms with Crippen molar-refractivity contribution in [3.63, 3.8) is 0 Å². The molecule has 0 aromatic carbocycles. The number of aromatic nitrogens is 6. The molecule has 5 heterocycles. The highest BCUT2D eigenvalue weighted by atomic mass is 15.2. The first-order valence-corrected chi connectivity index (χ1v) is 9.31. The molecule has 1 N–H and O–H groups in total. The van der Waals surface area contributed by atoms with Gasteiger partial charge in [-0.2, -0.15) is 0 Å². The Morgan fingerprint density at radius 1 is 1.15 bits per heavy atom. The first-order valence-electron chi connectivity index (χ1n) is 9.31. The van der Waals surface area contributed by atoms with E-state index >= 15 is 0 Å². The molecule has 0 saturated carbocycles. The van der Waals surface area contributed by atoms with E-state index in [-0.39, 0.29) is 0 Å². The first kappa shape index (κ1) is 16.0. The second-order valence-electron chi connectivity index (χ2n) is 7.00. The van der Waals surface area contributed by atoms with Gasteiger partial charge in [-0.05, 0) is 30.5 Å². The van der Waals surface area contributed by atoms with Crippen LogP contribution in [-0.2, 0) is 6.54 Å². The number of fused-ring (bicyclic) bond motifs is 1. The van der Waals surface area contributed by atoms with E-state index in [2.05, 4.69) is 47.7 Å². The van der Waals surface area contributed by atoms with Crippen molar-refractivity contribution >= 4 is 16.9 Å². The highest BCUT2D eigenvalue weighted by molar-refractivity contribution is 5.87. The van der Waals surface area contributed by atoms with Crippen LogP contribution in [0, 0.1) is 0 Å². The van der Waals surface area contributed by atoms with Crippen LogP contribution in [0.5, 0.6) is 0 Å². The summed E-state index contributed by atoms with van der Waals surface area (Å²) < 4.78 is 2.25. The normalized spacial score (nSPS) is 17.5. The molecule has 7 nitrogen and oxygen atoms in total. The molecule has 0 aliphatic carbocycles. The Balaban J connectivity index is 1.41. The number of H-pyrrole nitrogens is 1. The maximum Gasteiger partial charge on any atom is 0.142 e. The maximum absolute atomic E-state index is 4.69. The minimum Gasteiger partial charge on any atom is -0.355 e. The zero-order chi connectivity index (χ0) is 18.1. The number of hydrogen-bond acceptors (Lipinski definition) is 5. The third-order valence-electron chi connectivity index (χ3n) is 5.24. The van der Waals surface area contributed by atoms with Gasteiger partial charge in [-0.15, -0.1) is 0 Å². The van der Waals surface area contributed by atoms with E-state index in [1.54, 1.807) is 12.5 Å². The van der Waals surface area contributed by atoms with Crippen molar-refractivity contribution < 1.29 is 0 Å². The molecule has 1 saturated heterocycles. The van der Waals surface area contributed by atoms with E-state index in [9.17, 15) is 0 Å². The predicted octanol–water partition coefficient (Wildman–Crippen LogP) is 2.98. The summed E-state index contributed by atoms with van der Waals surface area (Å²) in [5, 5.41) is 1.08. The van der Waals surface area contributed by atoms with Gasteiger partial charge in [0.1, 0.15) is 23.6 Å². The van der Waals surface area contributed by atoms with Crippen molar-refractivity contribution in [2.24, 2.45) is 0 Å². The van der Waals surface area contributed by atoms with Gasteiger partial charge < -0.3 is 14.5 Å². The minimum absolute atomic E-state index is 0.384. The first-order chi connectivity index (χ1) is 13.4. The molecule has 0 radical (unpaired) electrons. The fraction of sp³-hybridized carbons (Fsp3) is 0.300. The van der Waals surface area contributed by atoms with Gasteiger partial charge in [0.25, 0.3) is 0 Å². The summed E-state index contributed by atoms with van der Waals surface area (Å²) in [5.41, 5.74) is 2.08. The van der Waals surface area contributed by atoms with Crippen LogP contribution in [0.1, 0.15) is 30.1 Å². The number of aromatic amines is 1. The molecular formula is C20H21N7. The Bertz CT molecular complexity index is 1040. The second-order valence-corrected chi connectivity index (χ2v) is 7.00. The number of hydrogen-bond donors (Lipinski definition) is 1. The molecule has 5 rings (SSSR count). The number of nitrogens with zero attached hydrogens (tertiary/aromatic N) is 6. The Labute approximate surface area is 157 Å². The van der Waals surface area contributed by atoms with Crippen molar-refractivity contribution in [2.75, 3.05) is 18.0 Å². The number of nitrogens with one attached hydrogen (secondary N) is 1. The number of imidazole rings is 1. The van der Waals surface area contributed by atoms with Crippen molar-refractivity contribution in [3.05, 3.63) is 66.9 Å². The SMILES string of the molecule is c1cncc(Cn2ccnc2[C@H]2CCCN(c3ncnc4[nH]ccc34)C2)c1. The molecule has 1 fully saturated rings. The van der Waals surface area contributed by atoms with E-state index in [4.69, 9.17) is 4.98 Å². The van der Waals surface area contributed by atoms with Gasteiger partial charge in [-0.1, -0.05) is 6.07 Å². The van der Waals surface area contributed by atoms with Crippen LogP contribution in [0.15, 0.2) is 55.5 Å². The third kappa shape index (κ3) is 3.05. The van der Waals surface area contributed by atoms with Crippen LogP contribution < -0.4 is 4.90 Å². The van der Waals surface area contributed by atoms with Gasteiger partial charge in [-0.25, -0.2) is 15.0 Å². The molecule has 0 amide bonds. The summed E-state index contributed by atoms with van der Waals surface area (Å²) in [5.74, 6) is 2.54. The van der Waals surface area contributed by atoms with Gasteiger partial charge in [0.05, 0.1) is 11.9 Å². The number of anilines is 1. The van der Waals surface area contributed by atoms with E-state index < -0.39 is 0 Å². The quantitative estimate of drug-likeness (QED) is 0.606. The Kier molecular flexibility index (Phi) is 4.04. The molecule has 1 atom stereocenters. The minimum atomic E-state index is 0.384. The van der Waals surface area contributed by atoms with Crippen LogP contribution in [0.4, 0.5) is 5.82 Å². The highest BCUT2D eigenvalue weighted by Gasteiger charge is 2.26. The van der Waals surface area contributed by atoms with Crippen molar-refractivity contribution in [3.8, 4) is 0 Å². The molecule has 1 aliphatic rings. The molecule has 7 heteroatoms. The molecule has 4 aromatic heterocycles. The lowest BCUT2D eigenvalue weighted by Gasteiger charge is -2.33. The average Bonchev–Trinajstić information content (AvgIpc) is 3.38. The molecule has 4 aromatic rings. The maximum atomic E-state index is 4.69. The Hall–Kier alpha value is -3.22. The van der Waals surface area contributed by atoms with Crippen LogP contribution in [0.3, 0.4) is 0 Å². The monoisotopic (exact) mass is 359 g/mol. The van der Waals surface area contributed by atoms with Crippen molar-refractivity contribution in [2.45, 2.75) is 25.3 Å². The van der Waals surface area contributed by atoms with Gasteiger partial charge in [0.2, 0.25) is 0 Å². The van der Waals surface area contributed by atoms with E-state index in [1.165, 1.54) is 5.56 Å². The van der Waals surface area contributed by atoms with Gasteiger partial charge in [0, 0.05) is 50.0 Å². The number of piperidine rings is 1. The summed E-state index contributed by atoms with van der Waals surface area (Å²) >= 11 is 0. The van der Waals surface area contributed by atoms with Gasteiger partial charge in [0.15, 0.2) is 0 Å². The zero-order valence-corrected chi connectivity index (χ0v) is 15.0. The fourth-order valence-corrected chi connectivity index (χ4v) is 3.99. The second kappa shape index (κ2) is 6.83. The average molecular weight is 359 g/mol. The van der Waals surface area contributed by atoms with Crippen LogP contribution >= 0.6 is 0 Å². The van der Waals surface area contributed by atoms with Crippen molar-refractivity contribution in [1.82, 2.24) is 29.5 Å². The van der Waals surface area contributed by atoms with Gasteiger partial charge >= 0.3 is 0 Å². The smallest absolute Gasteiger partial charge is 0.142 e. The van der Waals surface area contributed by atoms with Gasteiger partial charge in [-0.3, -0.25) is 4.98 Å². The van der Waals surface area contributed by atoms with Crippen LogP contribution in [0.25, 0.3) is 11.0 Å². The van der Waals surface area contributed by atoms with Crippen LogP contribution in [-0.4, -0.2) is 42.6 Å². The summed E-state index contributed by atoms with van der Waals surface area (Å²) in [6, 6.07) is 6.14. The largest absolute Gasteiger partial charge is 0.355 e.